The number of carbonyl (C=O) groups excluding carboxylic acids is 1. The summed E-state index contributed by atoms with van der Waals surface area (Å²) < 4.78 is 0. The molecule has 6 heteroatoms. The molecule has 1 N–H and O–H groups in total. The third-order valence-corrected chi connectivity index (χ3v) is 1.74. The lowest BCUT2D eigenvalue weighted by Gasteiger charge is -2.06. The molecule has 0 spiro atoms. The average Bonchev–Trinajstić information content (AvgIpc) is 2.15. The fourth-order valence-electron chi connectivity index (χ4n) is 0.754. The first kappa shape index (κ1) is 9.79. The second kappa shape index (κ2) is 4.66. The minimum absolute atomic E-state index is 0.134. The van der Waals surface area contributed by atoms with Crippen molar-refractivity contribution < 1.29 is 9.90 Å². The number of hydrogen-bond acceptors (Lipinski definition) is 4. The summed E-state index contributed by atoms with van der Waals surface area (Å²) >= 11 is 4.12. The number of carbonyl (C=O) groups is 1. The molecule has 1 heterocycles. The van der Waals surface area contributed by atoms with Crippen LogP contribution in [0, 0.1) is 0 Å². The van der Waals surface area contributed by atoms with Gasteiger partial charge < -0.3 is 5.32 Å². The van der Waals surface area contributed by atoms with E-state index in [2.05, 4.69) is 27.9 Å². The molecule has 0 aromatic carbocycles. The highest BCUT2D eigenvalue weighted by atomic mass is 32.1. The average molecular weight is 198 g/mol. The van der Waals surface area contributed by atoms with Crippen molar-refractivity contribution in [2.24, 2.45) is 0 Å². The fraction of sp³-hybridized carbons (Fsp3) is 0.286. The predicted octanol–water partition coefficient (Wildman–Crippen LogP) is 0.588. The zero-order valence-electron chi connectivity index (χ0n) is 6.67. The van der Waals surface area contributed by atoms with Crippen LogP contribution in [0.15, 0.2) is 18.5 Å². The second-order valence-electron chi connectivity index (χ2n) is 2.29. The van der Waals surface area contributed by atoms with Crippen molar-refractivity contribution in [1.82, 2.24) is 15.3 Å². The van der Waals surface area contributed by atoms with Gasteiger partial charge in [0.2, 0.25) is 0 Å². The van der Waals surface area contributed by atoms with Crippen molar-refractivity contribution >= 4 is 18.7 Å². The molecule has 1 aromatic heterocycles. The Balaban J connectivity index is 2.49. The van der Waals surface area contributed by atoms with Gasteiger partial charge in [-0.1, -0.05) is 0 Å². The maximum absolute atomic E-state index is 10.0. The molecule has 0 fully saturated rings. The SMILES string of the molecule is [O]C(=O)NCC(S)c1ncccn1. The van der Waals surface area contributed by atoms with Gasteiger partial charge in [0.15, 0.2) is 0 Å². The summed E-state index contributed by atoms with van der Waals surface area (Å²) in [6.45, 7) is 0.134. The lowest BCUT2D eigenvalue weighted by Crippen LogP contribution is -2.24. The normalized spacial score (nSPS) is 12.1. The summed E-state index contributed by atoms with van der Waals surface area (Å²) in [5.74, 6) is 0.486. The van der Waals surface area contributed by atoms with E-state index in [-0.39, 0.29) is 11.8 Å². The first-order valence-corrected chi connectivity index (χ1v) is 4.11. The van der Waals surface area contributed by atoms with Crippen LogP contribution in [-0.2, 0) is 5.11 Å². The van der Waals surface area contributed by atoms with Gasteiger partial charge in [0.1, 0.15) is 5.82 Å². The smallest absolute Gasteiger partial charge is 0.317 e. The molecular weight excluding hydrogens is 190 g/mol. The Hall–Kier alpha value is -1.30. The number of nitrogens with zero attached hydrogens (tertiary/aromatic N) is 2. The van der Waals surface area contributed by atoms with E-state index < -0.39 is 6.09 Å². The Kier molecular flexibility index (Phi) is 3.51. The molecule has 0 aliphatic carbocycles. The molecule has 1 atom stereocenters. The van der Waals surface area contributed by atoms with Gasteiger partial charge in [-0.2, -0.15) is 12.6 Å². The van der Waals surface area contributed by atoms with Crippen molar-refractivity contribution in [1.29, 1.82) is 0 Å². The maximum Gasteiger partial charge on any atom is 0.450 e. The highest BCUT2D eigenvalue weighted by Crippen LogP contribution is 2.12. The van der Waals surface area contributed by atoms with E-state index in [1.807, 2.05) is 0 Å². The van der Waals surface area contributed by atoms with Gasteiger partial charge in [0, 0.05) is 18.9 Å². The Labute approximate surface area is 80.6 Å². The van der Waals surface area contributed by atoms with Gasteiger partial charge in [0.05, 0.1) is 5.25 Å². The molecular formula is C7H8N3O2S. The topological polar surface area (TPSA) is 74.8 Å². The van der Waals surface area contributed by atoms with E-state index in [9.17, 15) is 9.90 Å². The van der Waals surface area contributed by atoms with Crippen LogP contribution in [-0.4, -0.2) is 22.6 Å². The molecule has 0 aliphatic heterocycles. The third kappa shape index (κ3) is 3.29. The number of thiol groups is 1. The molecule has 0 saturated heterocycles. The predicted molar refractivity (Wildman–Crippen MR) is 47.8 cm³/mol. The molecule has 13 heavy (non-hydrogen) atoms. The molecule has 0 saturated carbocycles. The summed E-state index contributed by atoms with van der Waals surface area (Å²) in [7, 11) is 0. The molecule has 1 unspecified atom stereocenters. The third-order valence-electron chi connectivity index (χ3n) is 1.32. The van der Waals surface area contributed by atoms with Crippen LogP contribution in [0.25, 0.3) is 0 Å². The van der Waals surface area contributed by atoms with Crippen LogP contribution in [0.5, 0.6) is 0 Å². The Morgan fingerprint density at radius 1 is 1.54 bits per heavy atom. The van der Waals surface area contributed by atoms with Gasteiger partial charge in [-0.25, -0.2) is 19.9 Å². The van der Waals surface area contributed by atoms with Gasteiger partial charge >= 0.3 is 6.09 Å². The van der Waals surface area contributed by atoms with Crippen molar-refractivity contribution in [3.05, 3.63) is 24.3 Å². The number of aromatic nitrogens is 2. The standard InChI is InChI=1S/C7H8N3O2S/c11-7(12)10-4-5(13)6-8-2-1-3-9-6/h1-3,5,10,13H,4H2. The molecule has 69 valence electrons. The summed E-state index contributed by atoms with van der Waals surface area (Å²) in [5, 5.41) is 11.8. The molecule has 1 rings (SSSR count). The quantitative estimate of drug-likeness (QED) is 0.698. The van der Waals surface area contributed by atoms with E-state index in [0.29, 0.717) is 5.82 Å². The highest BCUT2D eigenvalue weighted by molar-refractivity contribution is 7.80. The number of amides is 1. The number of rotatable bonds is 3. The Morgan fingerprint density at radius 3 is 2.69 bits per heavy atom. The van der Waals surface area contributed by atoms with E-state index >= 15 is 0 Å². The molecule has 1 amide bonds. The lowest BCUT2D eigenvalue weighted by atomic mass is 10.4. The number of nitrogens with one attached hydrogen (secondary N) is 1. The highest BCUT2D eigenvalue weighted by Gasteiger charge is 2.09. The van der Waals surface area contributed by atoms with E-state index in [1.165, 1.54) is 0 Å². The molecule has 0 bridgehead atoms. The van der Waals surface area contributed by atoms with Gasteiger partial charge in [-0.05, 0) is 6.07 Å². The Morgan fingerprint density at radius 2 is 2.15 bits per heavy atom. The van der Waals surface area contributed by atoms with Crippen LogP contribution in [0.3, 0.4) is 0 Å². The number of hydrogen-bond donors (Lipinski definition) is 2. The van der Waals surface area contributed by atoms with Crippen LogP contribution >= 0.6 is 12.6 Å². The molecule has 5 nitrogen and oxygen atoms in total. The monoisotopic (exact) mass is 198 g/mol. The fourth-order valence-corrected chi connectivity index (χ4v) is 0.979. The zero-order valence-corrected chi connectivity index (χ0v) is 7.57. The maximum atomic E-state index is 10.0. The van der Waals surface area contributed by atoms with Gasteiger partial charge in [-0.3, -0.25) is 0 Å². The summed E-state index contributed by atoms with van der Waals surface area (Å²) in [5.41, 5.74) is 0. The van der Waals surface area contributed by atoms with Crippen LogP contribution in [0.4, 0.5) is 4.79 Å². The van der Waals surface area contributed by atoms with Crippen molar-refractivity contribution in [2.45, 2.75) is 5.25 Å². The largest absolute Gasteiger partial charge is 0.450 e. The summed E-state index contributed by atoms with van der Waals surface area (Å²) in [6, 6.07) is 1.68. The second-order valence-corrected chi connectivity index (χ2v) is 2.91. The first-order valence-electron chi connectivity index (χ1n) is 3.60. The van der Waals surface area contributed by atoms with Crippen LogP contribution in [0.2, 0.25) is 0 Å². The molecule has 0 aliphatic rings. The minimum Gasteiger partial charge on any atom is -0.317 e. The first-order chi connectivity index (χ1) is 6.20. The van der Waals surface area contributed by atoms with E-state index in [1.54, 1.807) is 18.5 Å². The molecule has 1 radical (unpaired) electrons. The zero-order chi connectivity index (χ0) is 9.68. The van der Waals surface area contributed by atoms with Gasteiger partial charge in [0.25, 0.3) is 0 Å². The van der Waals surface area contributed by atoms with Crippen LogP contribution < -0.4 is 5.32 Å². The van der Waals surface area contributed by atoms with Crippen molar-refractivity contribution in [3.63, 3.8) is 0 Å². The Bertz CT molecular complexity index is 280. The molecule has 1 aromatic rings. The van der Waals surface area contributed by atoms with Crippen LogP contribution in [0.1, 0.15) is 11.1 Å². The van der Waals surface area contributed by atoms with Gasteiger partial charge in [-0.15, -0.1) is 0 Å². The summed E-state index contributed by atoms with van der Waals surface area (Å²) in [6.07, 6.45) is 1.82. The van der Waals surface area contributed by atoms with E-state index in [4.69, 9.17) is 0 Å². The minimum atomic E-state index is -1.32. The van der Waals surface area contributed by atoms with Crippen molar-refractivity contribution in [2.75, 3.05) is 6.54 Å². The summed E-state index contributed by atoms with van der Waals surface area (Å²) in [4.78, 5) is 17.9. The van der Waals surface area contributed by atoms with E-state index in [0.717, 1.165) is 0 Å². The van der Waals surface area contributed by atoms with Crippen molar-refractivity contribution in [3.8, 4) is 0 Å². The lowest BCUT2D eigenvalue weighted by molar-refractivity contribution is 0.168.